The van der Waals surface area contributed by atoms with Gasteiger partial charge in [-0.3, -0.25) is 9.69 Å². The van der Waals surface area contributed by atoms with Gasteiger partial charge in [-0.15, -0.1) is 0 Å². The molecule has 1 fully saturated rings. The minimum atomic E-state index is -0.174. The Morgan fingerprint density at radius 2 is 1.84 bits per heavy atom. The summed E-state index contributed by atoms with van der Waals surface area (Å²) in [6, 6.07) is 13.3. The summed E-state index contributed by atoms with van der Waals surface area (Å²) in [4.78, 5) is 16.3. The van der Waals surface area contributed by atoms with E-state index < -0.39 is 0 Å². The molecule has 1 N–H and O–H groups in total. The number of carbonyl (C=O) groups is 1. The van der Waals surface area contributed by atoms with Crippen molar-refractivity contribution in [3.05, 3.63) is 64.3 Å². The quantitative estimate of drug-likeness (QED) is 0.654. The van der Waals surface area contributed by atoms with Crippen LogP contribution in [0.4, 0.5) is 11.4 Å². The van der Waals surface area contributed by atoms with Crippen molar-refractivity contribution in [2.24, 2.45) is 0 Å². The number of nitrogens with zero attached hydrogens (tertiary/aromatic N) is 2. The van der Waals surface area contributed by atoms with E-state index in [9.17, 15) is 4.79 Å². The second-order valence-electron chi connectivity index (χ2n) is 6.05. The number of rotatable bonds is 3. The average molecular weight is 372 g/mol. The summed E-state index contributed by atoms with van der Waals surface area (Å²) in [5, 5.41) is 4.00. The number of thiocarbonyl (C=S) groups is 1. The largest absolute Gasteiger partial charge is 0.378 e. The van der Waals surface area contributed by atoms with Crippen molar-refractivity contribution in [3.63, 3.8) is 0 Å². The van der Waals surface area contributed by atoms with E-state index in [1.54, 1.807) is 18.2 Å². The Hall–Kier alpha value is -2.37. The number of carbonyl (C=O) groups excluding carboxylic acids is 1. The van der Waals surface area contributed by atoms with Gasteiger partial charge < -0.3 is 10.2 Å². The summed E-state index contributed by atoms with van der Waals surface area (Å²) >= 11 is 11.4. The number of anilines is 2. The third-order valence-electron chi connectivity index (χ3n) is 4.00. The molecule has 0 radical (unpaired) electrons. The molecule has 0 spiro atoms. The fraction of sp³-hybridized carbons (Fsp3) is 0.158. The van der Waals surface area contributed by atoms with E-state index in [1.807, 2.05) is 56.3 Å². The second kappa shape index (κ2) is 6.86. The van der Waals surface area contributed by atoms with Crippen LogP contribution < -0.4 is 15.1 Å². The van der Waals surface area contributed by atoms with Gasteiger partial charge in [-0.25, -0.2) is 0 Å². The molecule has 2 aromatic rings. The monoisotopic (exact) mass is 371 g/mol. The molecule has 0 unspecified atom stereocenters. The lowest BCUT2D eigenvalue weighted by Gasteiger charge is -2.16. The summed E-state index contributed by atoms with van der Waals surface area (Å²) < 4.78 is 0. The molecule has 1 amide bonds. The van der Waals surface area contributed by atoms with Gasteiger partial charge in [0.25, 0.3) is 5.91 Å². The Kier molecular flexibility index (Phi) is 4.79. The van der Waals surface area contributed by atoms with Gasteiger partial charge in [-0.2, -0.15) is 0 Å². The minimum absolute atomic E-state index is 0.174. The van der Waals surface area contributed by atoms with Crippen molar-refractivity contribution >= 4 is 52.3 Å². The van der Waals surface area contributed by atoms with Crippen LogP contribution in [0.1, 0.15) is 11.1 Å². The minimum Gasteiger partial charge on any atom is -0.378 e. The lowest BCUT2D eigenvalue weighted by Crippen LogP contribution is -2.30. The van der Waals surface area contributed by atoms with Crippen LogP contribution in [0.2, 0.25) is 5.02 Å². The van der Waals surface area contributed by atoms with Crippen molar-refractivity contribution in [2.45, 2.75) is 6.92 Å². The predicted molar refractivity (Wildman–Crippen MR) is 108 cm³/mol. The predicted octanol–water partition coefficient (Wildman–Crippen LogP) is 3.98. The number of nitrogens with one attached hydrogen (secondary N) is 1. The SMILES string of the molecule is Cc1cc(Cl)ccc1N1C(=O)/C(=C/c2ccc(N(C)C)cc2)NC1=S. The van der Waals surface area contributed by atoms with Crippen molar-refractivity contribution < 1.29 is 4.79 Å². The molecule has 25 heavy (non-hydrogen) atoms. The zero-order chi connectivity index (χ0) is 18.1. The molecule has 6 heteroatoms. The molecule has 1 saturated heterocycles. The van der Waals surface area contributed by atoms with Crippen LogP contribution >= 0.6 is 23.8 Å². The highest BCUT2D eigenvalue weighted by Gasteiger charge is 2.32. The summed E-state index contributed by atoms with van der Waals surface area (Å²) in [6.45, 7) is 1.90. The molecule has 0 aromatic heterocycles. The van der Waals surface area contributed by atoms with Gasteiger partial charge in [0.1, 0.15) is 5.70 Å². The molecule has 1 aliphatic heterocycles. The first-order chi connectivity index (χ1) is 11.9. The first kappa shape index (κ1) is 17.5. The summed E-state index contributed by atoms with van der Waals surface area (Å²) in [6.07, 6.45) is 1.80. The topological polar surface area (TPSA) is 35.6 Å². The first-order valence-corrected chi connectivity index (χ1v) is 8.56. The van der Waals surface area contributed by atoms with Gasteiger partial charge in [0.2, 0.25) is 0 Å². The lowest BCUT2D eigenvalue weighted by atomic mass is 10.1. The van der Waals surface area contributed by atoms with Crippen LogP contribution in [0.5, 0.6) is 0 Å². The van der Waals surface area contributed by atoms with E-state index in [0.29, 0.717) is 15.8 Å². The molecule has 1 heterocycles. The Bertz CT molecular complexity index is 875. The van der Waals surface area contributed by atoms with Crippen LogP contribution in [0.3, 0.4) is 0 Å². The Morgan fingerprint density at radius 3 is 2.44 bits per heavy atom. The molecule has 0 bridgehead atoms. The Labute approximate surface area is 157 Å². The maximum atomic E-state index is 12.8. The number of halogens is 1. The summed E-state index contributed by atoms with van der Waals surface area (Å²) in [5.74, 6) is -0.174. The fourth-order valence-electron chi connectivity index (χ4n) is 2.66. The summed E-state index contributed by atoms with van der Waals surface area (Å²) in [5.41, 5.74) is 4.11. The van der Waals surface area contributed by atoms with Gasteiger partial charge in [0.15, 0.2) is 5.11 Å². The summed E-state index contributed by atoms with van der Waals surface area (Å²) in [7, 11) is 3.97. The number of benzene rings is 2. The molecule has 0 saturated carbocycles. The third kappa shape index (κ3) is 3.52. The van der Waals surface area contributed by atoms with Crippen LogP contribution in [0.15, 0.2) is 48.2 Å². The molecule has 0 atom stereocenters. The Morgan fingerprint density at radius 1 is 1.16 bits per heavy atom. The number of amides is 1. The molecule has 2 aromatic carbocycles. The number of hydrogen-bond donors (Lipinski definition) is 1. The molecular formula is C19H18ClN3OS. The molecular weight excluding hydrogens is 354 g/mol. The highest BCUT2D eigenvalue weighted by molar-refractivity contribution is 7.80. The number of aryl methyl sites for hydroxylation is 1. The smallest absolute Gasteiger partial charge is 0.281 e. The van der Waals surface area contributed by atoms with E-state index in [1.165, 1.54) is 4.90 Å². The van der Waals surface area contributed by atoms with Gasteiger partial charge >= 0.3 is 0 Å². The van der Waals surface area contributed by atoms with Crippen molar-refractivity contribution in [3.8, 4) is 0 Å². The van der Waals surface area contributed by atoms with E-state index >= 15 is 0 Å². The van der Waals surface area contributed by atoms with Crippen LogP contribution in [0.25, 0.3) is 6.08 Å². The van der Waals surface area contributed by atoms with Crippen LogP contribution in [-0.4, -0.2) is 25.1 Å². The Balaban J connectivity index is 1.90. The van der Waals surface area contributed by atoms with Gasteiger partial charge in [-0.05, 0) is 66.7 Å². The maximum Gasteiger partial charge on any atom is 0.281 e. The zero-order valence-electron chi connectivity index (χ0n) is 14.2. The number of hydrogen-bond acceptors (Lipinski definition) is 3. The maximum absolute atomic E-state index is 12.8. The van der Waals surface area contributed by atoms with E-state index in [-0.39, 0.29) is 5.91 Å². The van der Waals surface area contributed by atoms with Crippen molar-refractivity contribution in [1.82, 2.24) is 5.32 Å². The fourth-order valence-corrected chi connectivity index (χ4v) is 3.18. The van der Waals surface area contributed by atoms with Crippen LogP contribution in [-0.2, 0) is 4.79 Å². The molecule has 3 rings (SSSR count). The van der Waals surface area contributed by atoms with Crippen molar-refractivity contribution in [1.29, 1.82) is 0 Å². The average Bonchev–Trinajstić information content (AvgIpc) is 2.82. The van der Waals surface area contributed by atoms with Gasteiger partial charge in [0, 0.05) is 24.8 Å². The normalized spacial score (nSPS) is 15.7. The molecule has 128 valence electrons. The third-order valence-corrected chi connectivity index (χ3v) is 4.52. The zero-order valence-corrected chi connectivity index (χ0v) is 15.8. The van der Waals surface area contributed by atoms with E-state index in [0.717, 1.165) is 22.5 Å². The highest BCUT2D eigenvalue weighted by Crippen LogP contribution is 2.28. The van der Waals surface area contributed by atoms with E-state index in [4.69, 9.17) is 23.8 Å². The van der Waals surface area contributed by atoms with Crippen molar-refractivity contribution in [2.75, 3.05) is 23.9 Å². The second-order valence-corrected chi connectivity index (χ2v) is 6.87. The highest BCUT2D eigenvalue weighted by atomic mass is 35.5. The standard InChI is InChI=1S/C19H18ClN3OS/c1-12-10-14(20)6-9-17(12)23-18(24)16(21-19(23)25)11-13-4-7-15(8-5-13)22(2)3/h4-11H,1-3H3,(H,21,25)/b16-11-. The molecule has 4 nitrogen and oxygen atoms in total. The first-order valence-electron chi connectivity index (χ1n) is 7.77. The van der Waals surface area contributed by atoms with Gasteiger partial charge in [0.05, 0.1) is 5.69 Å². The van der Waals surface area contributed by atoms with E-state index in [2.05, 4.69) is 5.32 Å². The lowest BCUT2D eigenvalue weighted by molar-refractivity contribution is -0.113. The molecule has 1 aliphatic rings. The van der Waals surface area contributed by atoms with Crippen LogP contribution in [0, 0.1) is 6.92 Å². The van der Waals surface area contributed by atoms with Gasteiger partial charge in [-0.1, -0.05) is 23.7 Å². The molecule has 0 aliphatic carbocycles.